The molecule has 0 aliphatic rings. The quantitative estimate of drug-likeness (QED) is 0.592. The number of alkyl halides is 3. The van der Waals surface area contributed by atoms with Crippen LogP contribution in [0.25, 0.3) is 0 Å². The molecule has 0 aliphatic heterocycles. The zero-order valence-electron chi connectivity index (χ0n) is 6.20. The van der Waals surface area contributed by atoms with E-state index in [4.69, 9.17) is 11.6 Å². The molecular formula is C7H4BrClF3N. The van der Waals surface area contributed by atoms with Crippen molar-refractivity contribution in [1.29, 1.82) is 0 Å². The summed E-state index contributed by atoms with van der Waals surface area (Å²) in [6.45, 7) is 0. The van der Waals surface area contributed by atoms with Gasteiger partial charge < -0.3 is 0 Å². The predicted octanol–water partition coefficient (Wildman–Crippen LogP) is 3.71. The third kappa shape index (κ3) is 2.14. The molecule has 0 spiro atoms. The van der Waals surface area contributed by atoms with E-state index in [9.17, 15) is 13.2 Å². The Kier molecular flexibility index (Phi) is 3.55. The van der Waals surface area contributed by atoms with Crippen LogP contribution in [-0.4, -0.2) is 4.98 Å². The predicted molar refractivity (Wildman–Crippen MR) is 46.8 cm³/mol. The number of hydrogen-bond acceptors (Lipinski definition) is 1. The van der Waals surface area contributed by atoms with Gasteiger partial charge in [-0.1, -0.05) is 27.5 Å². The number of rotatable bonds is 2. The van der Waals surface area contributed by atoms with Crippen LogP contribution >= 0.6 is 27.5 Å². The maximum Gasteiger partial charge on any atom is 0.267 e. The van der Waals surface area contributed by atoms with Gasteiger partial charge in [-0.05, 0) is 0 Å². The van der Waals surface area contributed by atoms with Crippen molar-refractivity contribution in [2.75, 3.05) is 0 Å². The Morgan fingerprint density at radius 1 is 1.54 bits per heavy atom. The lowest BCUT2D eigenvalue weighted by molar-refractivity contribution is 0.149. The smallest absolute Gasteiger partial charge is 0.241 e. The van der Waals surface area contributed by atoms with Crippen LogP contribution in [0.2, 0.25) is 5.15 Å². The molecule has 0 fully saturated rings. The second-order valence-corrected chi connectivity index (χ2v) is 3.14. The summed E-state index contributed by atoms with van der Waals surface area (Å²) >= 11 is 8.30. The van der Waals surface area contributed by atoms with Gasteiger partial charge in [-0.3, -0.25) is 0 Å². The summed E-state index contributed by atoms with van der Waals surface area (Å²) in [4.78, 5) is 3.30. The maximum absolute atomic E-state index is 12.9. The minimum Gasteiger partial charge on any atom is -0.241 e. The van der Waals surface area contributed by atoms with E-state index in [0.29, 0.717) is 0 Å². The fourth-order valence-corrected chi connectivity index (χ4v) is 1.69. The Balaban J connectivity index is 3.35. The molecular weight excluding hydrogens is 270 g/mol. The van der Waals surface area contributed by atoms with Crippen molar-refractivity contribution < 1.29 is 13.2 Å². The lowest BCUT2D eigenvalue weighted by Gasteiger charge is -2.07. The van der Waals surface area contributed by atoms with Crippen molar-refractivity contribution in [2.45, 2.75) is 11.8 Å². The molecule has 1 heterocycles. The molecule has 0 unspecified atom stereocenters. The number of aromatic nitrogens is 1. The van der Waals surface area contributed by atoms with Crippen molar-refractivity contribution in [1.82, 2.24) is 4.98 Å². The summed E-state index contributed by atoms with van der Waals surface area (Å²) in [5.41, 5.74) is -0.687. The lowest BCUT2D eigenvalue weighted by Crippen LogP contribution is -1.99. The fourth-order valence-electron chi connectivity index (χ4n) is 0.872. The average Bonchev–Trinajstić information content (AvgIpc) is 2.07. The molecule has 0 aliphatic carbocycles. The van der Waals surface area contributed by atoms with Gasteiger partial charge in [0.15, 0.2) is 0 Å². The summed E-state index contributed by atoms with van der Waals surface area (Å²) in [6.07, 6.45) is -1.99. The van der Waals surface area contributed by atoms with Gasteiger partial charge >= 0.3 is 0 Å². The normalized spacial score (nSPS) is 10.9. The van der Waals surface area contributed by atoms with Crippen molar-refractivity contribution in [3.8, 4) is 0 Å². The van der Waals surface area contributed by atoms with Crippen LogP contribution in [0.3, 0.4) is 0 Å². The molecule has 0 bridgehead atoms. The summed E-state index contributed by atoms with van der Waals surface area (Å²) in [5.74, 6) is -0.781. The first-order valence-electron chi connectivity index (χ1n) is 3.24. The monoisotopic (exact) mass is 273 g/mol. The van der Waals surface area contributed by atoms with Crippen LogP contribution in [-0.2, 0) is 5.33 Å². The van der Waals surface area contributed by atoms with Gasteiger partial charge in [-0.2, -0.15) is 0 Å². The molecule has 0 aromatic carbocycles. The summed E-state index contributed by atoms with van der Waals surface area (Å²) in [6, 6.07) is 0. The summed E-state index contributed by atoms with van der Waals surface area (Å²) in [5, 5.41) is -0.369. The molecule has 0 saturated heterocycles. The van der Waals surface area contributed by atoms with Crippen LogP contribution in [0.1, 0.15) is 17.6 Å². The second-order valence-electron chi connectivity index (χ2n) is 2.22. The first-order chi connectivity index (χ1) is 6.07. The maximum atomic E-state index is 12.9. The highest BCUT2D eigenvalue weighted by Crippen LogP contribution is 2.31. The molecule has 1 nitrogen and oxygen atoms in total. The molecule has 0 atom stereocenters. The number of pyridine rings is 1. The Labute approximate surface area is 86.0 Å². The summed E-state index contributed by atoms with van der Waals surface area (Å²) in [7, 11) is 0. The first-order valence-corrected chi connectivity index (χ1v) is 4.74. The Hall–Kier alpha value is -0.290. The molecule has 72 valence electrons. The topological polar surface area (TPSA) is 12.9 Å². The van der Waals surface area contributed by atoms with Crippen molar-refractivity contribution in [3.63, 3.8) is 0 Å². The van der Waals surface area contributed by atoms with Crippen LogP contribution in [0.5, 0.6) is 0 Å². The van der Waals surface area contributed by atoms with E-state index >= 15 is 0 Å². The van der Waals surface area contributed by atoms with Crippen molar-refractivity contribution >= 4 is 27.5 Å². The lowest BCUT2D eigenvalue weighted by atomic mass is 10.1. The van der Waals surface area contributed by atoms with Gasteiger partial charge in [0, 0.05) is 10.9 Å². The molecule has 1 aromatic rings. The number of nitrogens with zero attached hydrogens (tertiary/aromatic N) is 1. The molecule has 13 heavy (non-hydrogen) atoms. The van der Waals surface area contributed by atoms with E-state index in [1.807, 2.05) is 0 Å². The highest BCUT2D eigenvalue weighted by Gasteiger charge is 2.20. The summed E-state index contributed by atoms with van der Waals surface area (Å²) < 4.78 is 37.6. The molecule has 0 radical (unpaired) electrons. The molecule has 0 saturated carbocycles. The SMILES string of the molecule is Fc1cnc(Cl)c(C(F)F)c1CBr. The van der Waals surface area contributed by atoms with E-state index in [0.717, 1.165) is 6.20 Å². The minimum absolute atomic E-state index is 0.0131. The number of hydrogen-bond donors (Lipinski definition) is 0. The van der Waals surface area contributed by atoms with Crippen molar-refractivity contribution in [3.05, 3.63) is 28.3 Å². The van der Waals surface area contributed by atoms with Crippen LogP contribution < -0.4 is 0 Å². The molecule has 1 aromatic heterocycles. The van der Waals surface area contributed by atoms with Gasteiger partial charge in [0.25, 0.3) is 6.43 Å². The minimum atomic E-state index is -2.82. The molecule has 0 N–H and O–H groups in total. The van der Waals surface area contributed by atoms with Crippen LogP contribution in [0.4, 0.5) is 13.2 Å². The van der Waals surface area contributed by atoms with Gasteiger partial charge in [0.2, 0.25) is 0 Å². The van der Waals surface area contributed by atoms with Crippen molar-refractivity contribution in [2.24, 2.45) is 0 Å². The Bertz CT molecular complexity index is 319. The van der Waals surface area contributed by atoms with E-state index < -0.39 is 17.8 Å². The van der Waals surface area contributed by atoms with E-state index in [1.54, 1.807) is 0 Å². The van der Waals surface area contributed by atoms with Gasteiger partial charge in [0.05, 0.1) is 11.8 Å². The zero-order valence-corrected chi connectivity index (χ0v) is 8.54. The molecule has 0 amide bonds. The van der Waals surface area contributed by atoms with Gasteiger partial charge in [-0.25, -0.2) is 18.2 Å². The van der Waals surface area contributed by atoms with Crippen LogP contribution in [0.15, 0.2) is 6.20 Å². The Morgan fingerprint density at radius 2 is 2.15 bits per heavy atom. The molecule has 6 heteroatoms. The standard InChI is InChI=1S/C7H4BrClF3N/c8-1-3-4(10)2-13-6(9)5(3)7(11)12/h2,7H,1H2. The van der Waals surface area contributed by atoms with Crippen LogP contribution in [0, 0.1) is 5.82 Å². The third-order valence-corrected chi connectivity index (χ3v) is 2.34. The first kappa shape index (κ1) is 10.8. The average molecular weight is 274 g/mol. The zero-order chi connectivity index (χ0) is 10.0. The number of halogens is 5. The van der Waals surface area contributed by atoms with E-state index in [2.05, 4.69) is 20.9 Å². The van der Waals surface area contributed by atoms with Gasteiger partial charge in [0.1, 0.15) is 11.0 Å². The van der Waals surface area contributed by atoms with E-state index in [1.165, 1.54) is 0 Å². The second kappa shape index (κ2) is 4.28. The molecule has 1 rings (SSSR count). The fraction of sp³-hybridized carbons (Fsp3) is 0.286. The largest absolute Gasteiger partial charge is 0.267 e. The highest BCUT2D eigenvalue weighted by atomic mass is 79.9. The highest BCUT2D eigenvalue weighted by molar-refractivity contribution is 9.08. The van der Waals surface area contributed by atoms with Gasteiger partial charge in [-0.15, -0.1) is 0 Å². The third-order valence-electron chi connectivity index (χ3n) is 1.48. The van der Waals surface area contributed by atoms with E-state index in [-0.39, 0.29) is 16.0 Å². The Morgan fingerprint density at radius 3 is 2.54 bits per heavy atom.